The van der Waals surface area contributed by atoms with Crippen LogP contribution in [0.5, 0.6) is 0 Å². The Morgan fingerprint density at radius 1 is 1.11 bits per heavy atom. The summed E-state index contributed by atoms with van der Waals surface area (Å²) < 4.78 is 1.67. The van der Waals surface area contributed by atoms with Gasteiger partial charge in [0.2, 0.25) is 5.91 Å². The Balaban J connectivity index is 1.51. The van der Waals surface area contributed by atoms with Crippen LogP contribution in [0.15, 0.2) is 60.8 Å². The van der Waals surface area contributed by atoms with E-state index >= 15 is 0 Å². The molecule has 0 saturated heterocycles. The van der Waals surface area contributed by atoms with Crippen molar-refractivity contribution in [2.75, 3.05) is 11.9 Å². The fourth-order valence-electron chi connectivity index (χ4n) is 2.74. The molecule has 0 aliphatic rings. The molecule has 0 radical (unpaired) electrons. The first-order chi connectivity index (χ1) is 13.5. The largest absolute Gasteiger partial charge is 0.352 e. The first-order valence-electron chi connectivity index (χ1n) is 8.93. The highest BCUT2D eigenvalue weighted by molar-refractivity contribution is 6.31. The van der Waals surface area contributed by atoms with Crippen molar-refractivity contribution in [3.8, 4) is 0 Å². The van der Waals surface area contributed by atoms with Crippen molar-refractivity contribution in [3.05, 3.63) is 82.5 Å². The van der Waals surface area contributed by atoms with Crippen molar-refractivity contribution >= 4 is 29.2 Å². The molecule has 0 unspecified atom stereocenters. The lowest BCUT2D eigenvalue weighted by molar-refractivity contribution is -0.116. The SMILES string of the molecule is Cc1cccc(C(=O)NCCC(=O)Nc2ccnn2Cc2ccccc2Cl)c1. The number of benzene rings is 2. The van der Waals surface area contributed by atoms with Crippen LogP contribution in [0.4, 0.5) is 5.82 Å². The van der Waals surface area contributed by atoms with E-state index in [0.717, 1.165) is 11.1 Å². The third kappa shape index (κ3) is 5.20. The van der Waals surface area contributed by atoms with Crippen LogP contribution in [0.1, 0.15) is 27.9 Å². The minimum atomic E-state index is -0.203. The Hall–Kier alpha value is -3.12. The van der Waals surface area contributed by atoms with Gasteiger partial charge in [0.25, 0.3) is 5.91 Å². The van der Waals surface area contributed by atoms with Crippen molar-refractivity contribution in [1.29, 1.82) is 0 Å². The molecule has 3 aromatic rings. The summed E-state index contributed by atoms with van der Waals surface area (Å²) in [5, 5.41) is 10.5. The van der Waals surface area contributed by atoms with Crippen molar-refractivity contribution in [2.45, 2.75) is 19.9 Å². The molecule has 0 aliphatic heterocycles. The number of carbonyl (C=O) groups is 2. The molecule has 144 valence electrons. The lowest BCUT2D eigenvalue weighted by Gasteiger charge is -2.10. The van der Waals surface area contributed by atoms with Crippen molar-refractivity contribution in [3.63, 3.8) is 0 Å². The van der Waals surface area contributed by atoms with Crippen LogP contribution >= 0.6 is 11.6 Å². The number of nitrogens with zero attached hydrogens (tertiary/aromatic N) is 2. The topological polar surface area (TPSA) is 76.0 Å². The van der Waals surface area contributed by atoms with Crippen LogP contribution in [0, 0.1) is 6.92 Å². The van der Waals surface area contributed by atoms with Crippen molar-refractivity contribution < 1.29 is 9.59 Å². The number of amides is 2. The number of nitrogens with one attached hydrogen (secondary N) is 2. The quantitative estimate of drug-likeness (QED) is 0.640. The second kappa shape index (κ2) is 9.19. The first-order valence-corrected chi connectivity index (χ1v) is 9.30. The highest BCUT2D eigenvalue weighted by atomic mass is 35.5. The van der Waals surface area contributed by atoms with E-state index in [1.807, 2.05) is 49.4 Å². The van der Waals surface area contributed by atoms with E-state index < -0.39 is 0 Å². The van der Waals surface area contributed by atoms with Gasteiger partial charge in [-0.25, -0.2) is 4.68 Å². The maximum absolute atomic E-state index is 12.2. The zero-order chi connectivity index (χ0) is 19.9. The second-order valence-electron chi connectivity index (χ2n) is 6.39. The van der Waals surface area contributed by atoms with Gasteiger partial charge in [-0.2, -0.15) is 5.10 Å². The molecular weight excluding hydrogens is 376 g/mol. The zero-order valence-electron chi connectivity index (χ0n) is 15.5. The zero-order valence-corrected chi connectivity index (χ0v) is 16.2. The molecule has 0 atom stereocenters. The van der Waals surface area contributed by atoms with Gasteiger partial charge in [0.15, 0.2) is 0 Å². The number of aryl methyl sites for hydroxylation is 1. The maximum atomic E-state index is 12.2. The predicted molar refractivity (Wildman–Crippen MR) is 110 cm³/mol. The van der Waals surface area contributed by atoms with Crippen LogP contribution in [0.25, 0.3) is 0 Å². The van der Waals surface area contributed by atoms with E-state index in [1.54, 1.807) is 23.0 Å². The standard InChI is InChI=1S/C21H21ClN4O2/c1-15-5-4-7-16(13-15)21(28)23-11-10-20(27)25-19-9-12-24-26(19)14-17-6-2-3-8-18(17)22/h2-9,12-13H,10-11,14H2,1H3,(H,23,28)(H,25,27). The maximum Gasteiger partial charge on any atom is 0.251 e. The third-order valence-electron chi connectivity index (χ3n) is 4.18. The lowest BCUT2D eigenvalue weighted by Crippen LogP contribution is -2.28. The number of carbonyl (C=O) groups excluding carboxylic acids is 2. The Bertz CT molecular complexity index is 984. The molecule has 0 saturated carbocycles. The number of hydrogen-bond donors (Lipinski definition) is 2. The van der Waals surface area contributed by atoms with E-state index in [1.165, 1.54) is 0 Å². The number of hydrogen-bond acceptors (Lipinski definition) is 3. The number of halogens is 1. The average molecular weight is 397 g/mol. The molecule has 28 heavy (non-hydrogen) atoms. The molecule has 7 heteroatoms. The Morgan fingerprint density at radius 2 is 1.93 bits per heavy atom. The summed E-state index contributed by atoms with van der Waals surface area (Å²) in [5.74, 6) is 0.181. The fraction of sp³-hybridized carbons (Fsp3) is 0.190. The molecule has 1 aromatic heterocycles. The summed E-state index contributed by atoms with van der Waals surface area (Å²) in [4.78, 5) is 24.3. The van der Waals surface area contributed by atoms with Crippen molar-refractivity contribution in [1.82, 2.24) is 15.1 Å². The Morgan fingerprint density at radius 3 is 2.71 bits per heavy atom. The Labute approximate surface area is 168 Å². The summed E-state index contributed by atoms with van der Waals surface area (Å²) in [6, 6.07) is 16.5. The van der Waals surface area contributed by atoms with E-state index in [2.05, 4.69) is 15.7 Å². The van der Waals surface area contributed by atoms with E-state index in [0.29, 0.717) is 22.9 Å². The lowest BCUT2D eigenvalue weighted by atomic mass is 10.1. The van der Waals surface area contributed by atoms with E-state index in [-0.39, 0.29) is 24.8 Å². The molecule has 0 bridgehead atoms. The van der Waals surface area contributed by atoms with E-state index in [4.69, 9.17) is 11.6 Å². The molecular formula is C21H21ClN4O2. The highest BCUT2D eigenvalue weighted by Crippen LogP contribution is 2.18. The highest BCUT2D eigenvalue weighted by Gasteiger charge is 2.10. The molecule has 2 amide bonds. The predicted octanol–water partition coefficient (Wildman–Crippen LogP) is 3.65. The number of aromatic nitrogens is 2. The van der Waals surface area contributed by atoms with Gasteiger partial charge in [-0.15, -0.1) is 0 Å². The van der Waals surface area contributed by atoms with Crippen LogP contribution in [-0.2, 0) is 11.3 Å². The first kappa shape index (κ1) is 19.6. The minimum absolute atomic E-state index is 0.162. The van der Waals surface area contributed by atoms with Crippen LogP contribution in [0.2, 0.25) is 5.02 Å². The fourth-order valence-corrected chi connectivity index (χ4v) is 2.93. The molecule has 2 N–H and O–H groups in total. The smallest absolute Gasteiger partial charge is 0.251 e. The van der Waals surface area contributed by atoms with Crippen LogP contribution in [-0.4, -0.2) is 28.1 Å². The van der Waals surface area contributed by atoms with Gasteiger partial charge in [0, 0.05) is 29.6 Å². The monoisotopic (exact) mass is 396 g/mol. The van der Waals surface area contributed by atoms with Crippen LogP contribution < -0.4 is 10.6 Å². The summed E-state index contributed by atoms with van der Waals surface area (Å²) in [6.45, 7) is 2.62. The third-order valence-corrected chi connectivity index (χ3v) is 4.55. The molecule has 2 aromatic carbocycles. The summed E-state index contributed by atoms with van der Waals surface area (Å²) >= 11 is 6.19. The van der Waals surface area contributed by atoms with Gasteiger partial charge in [-0.05, 0) is 30.7 Å². The van der Waals surface area contributed by atoms with Gasteiger partial charge in [0.1, 0.15) is 5.82 Å². The number of rotatable bonds is 7. The molecule has 0 aliphatic carbocycles. The minimum Gasteiger partial charge on any atom is -0.352 e. The summed E-state index contributed by atoms with van der Waals surface area (Å²) in [7, 11) is 0. The molecule has 0 fully saturated rings. The molecule has 6 nitrogen and oxygen atoms in total. The summed E-state index contributed by atoms with van der Waals surface area (Å²) in [5.41, 5.74) is 2.50. The summed E-state index contributed by atoms with van der Waals surface area (Å²) in [6.07, 6.45) is 1.78. The van der Waals surface area contributed by atoms with Gasteiger partial charge >= 0.3 is 0 Å². The average Bonchev–Trinajstić information content (AvgIpc) is 3.10. The van der Waals surface area contributed by atoms with Gasteiger partial charge in [-0.1, -0.05) is 47.5 Å². The molecule has 1 heterocycles. The van der Waals surface area contributed by atoms with Gasteiger partial charge in [-0.3, -0.25) is 9.59 Å². The van der Waals surface area contributed by atoms with Gasteiger partial charge < -0.3 is 10.6 Å². The number of anilines is 1. The van der Waals surface area contributed by atoms with Gasteiger partial charge in [0.05, 0.1) is 12.7 Å². The Kier molecular flexibility index (Phi) is 6.45. The van der Waals surface area contributed by atoms with Crippen LogP contribution in [0.3, 0.4) is 0 Å². The normalized spacial score (nSPS) is 10.5. The second-order valence-corrected chi connectivity index (χ2v) is 6.80. The van der Waals surface area contributed by atoms with E-state index in [9.17, 15) is 9.59 Å². The molecule has 0 spiro atoms. The van der Waals surface area contributed by atoms with Crippen molar-refractivity contribution in [2.24, 2.45) is 0 Å². The molecule has 3 rings (SSSR count).